The Morgan fingerprint density at radius 1 is 0.710 bits per heavy atom. The lowest BCUT2D eigenvalue weighted by Crippen LogP contribution is -2.27. The first kappa shape index (κ1) is 18.2. The van der Waals surface area contributed by atoms with Gasteiger partial charge in [-0.25, -0.2) is 0 Å². The number of para-hydroxylation sites is 2. The molecule has 0 radical (unpaired) electrons. The number of carbonyl (C=O) groups is 1. The Kier molecular flexibility index (Phi) is 4.13. The van der Waals surface area contributed by atoms with Crippen LogP contribution in [0.2, 0.25) is 0 Å². The number of anilines is 4. The van der Waals surface area contributed by atoms with Gasteiger partial charge in [-0.05, 0) is 48.5 Å². The Balaban J connectivity index is 1.48. The van der Waals surface area contributed by atoms with Gasteiger partial charge in [-0.15, -0.1) is 0 Å². The van der Waals surface area contributed by atoms with Crippen molar-refractivity contribution < 1.29 is 9.90 Å². The molecule has 4 aromatic rings. The number of aliphatic hydroxyl groups is 1. The second-order valence-corrected chi connectivity index (χ2v) is 8.61. The molecular formula is C26H18N2O2S. The fourth-order valence-electron chi connectivity index (χ4n) is 4.32. The van der Waals surface area contributed by atoms with E-state index in [9.17, 15) is 9.90 Å². The predicted molar refractivity (Wildman–Crippen MR) is 123 cm³/mol. The number of hydrogen-bond donors (Lipinski definition) is 1. The maximum Gasteiger partial charge on any atom is 0.261 e. The van der Waals surface area contributed by atoms with Gasteiger partial charge in [0, 0.05) is 32.3 Å². The molecule has 4 aromatic carbocycles. The van der Waals surface area contributed by atoms with Crippen LogP contribution in [0.3, 0.4) is 0 Å². The molecule has 150 valence electrons. The van der Waals surface area contributed by atoms with E-state index in [1.54, 1.807) is 23.9 Å². The normalized spacial score (nSPS) is 16.7. The number of aliphatic hydroxyl groups excluding tert-OH is 1. The van der Waals surface area contributed by atoms with Crippen LogP contribution in [0.1, 0.15) is 22.1 Å². The number of nitrogens with zero attached hydrogens (tertiary/aromatic N) is 2. The summed E-state index contributed by atoms with van der Waals surface area (Å²) >= 11 is 1.76. The Bertz CT molecular complexity index is 1290. The minimum Gasteiger partial charge on any atom is -0.369 e. The van der Waals surface area contributed by atoms with Gasteiger partial charge in [0.1, 0.15) is 0 Å². The van der Waals surface area contributed by atoms with Crippen LogP contribution in [0.5, 0.6) is 0 Å². The van der Waals surface area contributed by atoms with Crippen LogP contribution in [-0.2, 0) is 0 Å². The average Bonchev–Trinajstić information content (AvgIpc) is 3.07. The van der Waals surface area contributed by atoms with Crippen molar-refractivity contribution in [1.29, 1.82) is 0 Å². The number of benzene rings is 4. The first-order valence-electron chi connectivity index (χ1n) is 10.1. The topological polar surface area (TPSA) is 43.8 Å². The van der Waals surface area contributed by atoms with Gasteiger partial charge in [-0.1, -0.05) is 60.3 Å². The minimum absolute atomic E-state index is 0.185. The zero-order valence-corrected chi connectivity index (χ0v) is 17.3. The summed E-state index contributed by atoms with van der Waals surface area (Å²) in [5, 5.41) is 10.9. The average molecular weight is 423 g/mol. The molecule has 2 aliphatic heterocycles. The molecule has 4 nitrogen and oxygen atoms in total. The van der Waals surface area contributed by atoms with E-state index >= 15 is 0 Å². The number of fused-ring (bicyclic) bond motifs is 3. The second-order valence-electron chi connectivity index (χ2n) is 7.53. The van der Waals surface area contributed by atoms with E-state index in [4.69, 9.17) is 0 Å². The van der Waals surface area contributed by atoms with Crippen LogP contribution in [0.25, 0.3) is 0 Å². The molecule has 1 atom stereocenters. The van der Waals surface area contributed by atoms with Crippen LogP contribution in [0.15, 0.2) is 107 Å². The highest BCUT2D eigenvalue weighted by Gasteiger charge is 2.36. The SMILES string of the molecule is O=C1c2ccccc2C(O)N1c1cccc(N2c3ccccc3Sc3ccccc32)c1. The van der Waals surface area contributed by atoms with Gasteiger partial charge in [-0.3, -0.25) is 9.69 Å². The molecule has 31 heavy (non-hydrogen) atoms. The van der Waals surface area contributed by atoms with Gasteiger partial charge in [0.05, 0.1) is 11.4 Å². The largest absolute Gasteiger partial charge is 0.369 e. The maximum absolute atomic E-state index is 13.0. The molecule has 0 saturated heterocycles. The number of amides is 1. The van der Waals surface area contributed by atoms with E-state index in [2.05, 4.69) is 29.2 Å². The van der Waals surface area contributed by atoms with Crippen molar-refractivity contribution in [3.8, 4) is 0 Å². The molecule has 0 aromatic heterocycles. The highest BCUT2D eigenvalue weighted by atomic mass is 32.2. The molecule has 0 bridgehead atoms. The number of hydrogen-bond acceptors (Lipinski definition) is 4. The van der Waals surface area contributed by atoms with Crippen molar-refractivity contribution in [2.75, 3.05) is 9.80 Å². The summed E-state index contributed by atoms with van der Waals surface area (Å²) in [4.78, 5) is 19.1. The lowest BCUT2D eigenvalue weighted by Gasteiger charge is -2.33. The Morgan fingerprint density at radius 3 is 2.03 bits per heavy atom. The van der Waals surface area contributed by atoms with Crippen molar-refractivity contribution in [3.05, 3.63) is 108 Å². The highest BCUT2D eigenvalue weighted by molar-refractivity contribution is 7.99. The third-order valence-corrected chi connectivity index (χ3v) is 6.86. The molecular weight excluding hydrogens is 404 g/mol. The summed E-state index contributed by atoms with van der Waals surface area (Å²) in [6.07, 6.45) is -0.990. The maximum atomic E-state index is 13.0. The van der Waals surface area contributed by atoms with Crippen molar-refractivity contribution in [1.82, 2.24) is 0 Å². The standard InChI is InChI=1S/C26H18N2O2S/c29-25-19-10-1-2-11-20(19)26(30)28(25)18-9-7-8-17(16-18)27-21-12-3-5-14-23(21)31-24-15-6-4-13-22(24)27/h1-16,25,29H. The lowest BCUT2D eigenvalue weighted by molar-refractivity contribution is 0.0935. The second kappa shape index (κ2) is 7.01. The van der Waals surface area contributed by atoms with E-state index in [1.807, 2.05) is 60.7 Å². The van der Waals surface area contributed by atoms with Crippen LogP contribution in [-0.4, -0.2) is 11.0 Å². The Labute approximate surface area is 184 Å². The highest BCUT2D eigenvalue weighted by Crippen LogP contribution is 2.51. The van der Waals surface area contributed by atoms with E-state index in [1.165, 1.54) is 14.7 Å². The molecule has 1 amide bonds. The monoisotopic (exact) mass is 422 g/mol. The Hall–Kier alpha value is -3.54. The van der Waals surface area contributed by atoms with Crippen LogP contribution >= 0.6 is 11.8 Å². The summed E-state index contributed by atoms with van der Waals surface area (Å²) < 4.78 is 0. The van der Waals surface area contributed by atoms with E-state index in [-0.39, 0.29) is 5.91 Å². The molecule has 0 aliphatic carbocycles. The molecule has 0 fully saturated rings. The third kappa shape index (κ3) is 2.78. The van der Waals surface area contributed by atoms with Crippen molar-refractivity contribution in [2.45, 2.75) is 16.0 Å². The minimum atomic E-state index is -0.990. The first-order valence-corrected chi connectivity index (χ1v) is 10.9. The van der Waals surface area contributed by atoms with Crippen LogP contribution in [0.4, 0.5) is 22.7 Å². The zero-order chi connectivity index (χ0) is 20.9. The van der Waals surface area contributed by atoms with Crippen molar-refractivity contribution in [3.63, 3.8) is 0 Å². The van der Waals surface area contributed by atoms with Crippen molar-refractivity contribution >= 4 is 40.4 Å². The van der Waals surface area contributed by atoms with Gasteiger partial charge in [0.25, 0.3) is 5.91 Å². The summed E-state index contributed by atoms with van der Waals surface area (Å²) in [6, 6.07) is 31.7. The fourth-order valence-corrected chi connectivity index (χ4v) is 5.38. The summed E-state index contributed by atoms with van der Waals surface area (Å²) in [6.45, 7) is 0. The fraction of sp³-hybridized carbons (Fsp3) is 0.0385. The van der Waals surface area contributed by atoms with Gasteiger partial charge < -0.3 is 10.0 Å². The quantitative estimate of drug-likeness (QED) is 0.364. The van der Waals surface area contributed by atoms with E-state index < -0.39 is 6.23 Å². The van der Waals surface area contributed by atoms with E-state index in [0.717, 1.165) is 17.1 Å². The van der Waals surface area contributed by atoms with Gasteiger partial charge in [0.15, 0.2) is 6.23 Å². The van der Waals surface area contributed by atoms with Crippen LogP contribution in [0, 0.1) is 0 Å². The van der Waals surface area contributed by atoms with E-state index in [0.29, 0.717) is 16.8 Å². The summed E-state index contributed by atoms with van der Waals surface area (Å²) in [5.41, 5.74) is 4.99. The third-order valence-electron chi connectivity index (χ3n) is 5.73. The van der Waals surface area contributed by atoms with Gasteiger partial charge in [-0.2, -0.15) is 0 Å². The molecule has 2 aliphatic rings. The molecule has 6 rings (SSSR count). The molecule has 5 heteroatoms. The molecule has 0 saturated carbocycles. The number of carbonyl (C=O) groups excluding carboxylic acids is 1. The number of rotatable bonds is 2. The molecule has 0 spiro atoms. The molecule has 1 unspecified atom stereocenters. The van der Waals surface area contributed by atoms with Gasteiger partial charge >= 0.3 is 0 Å². The summed E-state index contributed by atoms with van der Waals surface area (Å²) in [7, 11) is 0. The Morgan fingerprint density at radius 2 is 1.32 bits per heavy atom. The summed E-state index contributed by atoms with van der Waals surface area (Å²) in [5.74, 6) is -0.185. The van der Waals surface area contributed by atoms with Crippen LogP contribution < -0.4 is 9.80 Å². The molecule has 2 heterocycles. The predicted octanol–water partition coefficient (Wildman–Crippen LogP) is 6.27. The molecule has 1 N–H and O–H groups in total. The van der Waals surface area contributed by atoms with Crippen molar-refractivity contribution in [2.24, 2.45) is 0 Å². The zero-order valence-electron chi connectivity index (χ0n) is 16.5. The van der Waals surface area contributed by atoms with Gasteiger partial charge in [0.2, 0.25) is 0 Å². The smallest absolute Gasteiger partial charge is 0.261 e. The first-order chi connectivity index (χ1) is 15.2. The lowest BCUT2D eigenvalue weighted by atomic mass is 10.1.